The molecule has 0 amide bonds. The molecule has 3 heteroatoms. The van der Waals surface area contributed by atoms with E-state index in [1.54, 1.807) is 6.26 Å². The lowest BCUT2D eigenvalue weighted by Gasteiger charge is -2.24. The van der Waals surface area contributed by atoms with Crippen molar-refractivity contribution in [2.75, 3.05) is 13.1 Å². The van der Waals surface area contributed by atoms with Gasteiger partial charge in [0.1, 0.15) is 11.5 Å². The number of furan rings is 1. The number of nitrogens with zero attached hydrogens (tertiary/aromatic N) is 1. The van der Waals surface area contributed by atoms with Crippen molar-refractivity contribution in [3.63, 3.8) is 0 Å². The quantitative estimate of drug-likeness (QED) is 0.776. The average molecular weight is 249 g/mol. The number of Topliss-reactive ketones (excluding diaryl/α,β-unsaturated/α-hetero) is 1. The second kappa shape index (κ2) is 6.74. The van der Waals surface area contributed by atoms with Crippen LogP contribution in [0.25, 0.3) is 0 Å². The number of likely N-dealkylation sites (N-methyl/N-ethyl adjacent to an activating group) is 1. The third-order valence-electron chi connectivity index (χ3n) is 3.85. The minimum Gasteiger partial charge on any atom is -0.468 e. The van der Waals surface area contributed by atoms with Gasteiger partial charge in [0.05, 0.1) is 19.4 Å². The van der Waals surface area contributed by atoms with Gasteiger partial charge < -0.3 is 4.42 Å². The minimum absolute atomic E-state index is 0.310. The van der Waals surface area contributed by atoms with Gasteiger partial charge in [0.2, 0.25) is 0 Å². The van der Waals surface area contributed by atoms with Gasteiger partial charge in [-0.15, -0.1) is 0 Å². The van der Waals surface area contributed by atoms with Gasteiger partial charge in [-0.3, -0.25) is 9.69 Å². The first-order valence-electron chi connectivity index (χ1n) is 7.07. The van der Waals surface area contributed by atoms with E-state index >= 15 is 0 Å². The summed E-state index contributed by atoms with van der Waals surface area (Å²) in [5, 5.41) is 0. The van der Waals surface area contributed by atoms with E-state index in [-0.39, 0.29) is 0 Å². The normalized spacial score (nSPS) is 17.2. The van der Waals surface area contributed by atoms with Gasteiger partial charge in [0.25, 0.3) is 0 Å². The van der Waals surface area contributed by atoms with Crippen LogP contribution in [-0.2, 0) is 11.3 Å². The van der Waals surface area contributed by atoms with Gasteiger partial charge >= 0.3 is 0 Å². The van der Waals surface area contributed by atoms with Crippen molar-refractivity contribution in [3.05, 3.63) is 24.2 Å². The molecule has 1 heterocycles. The molecule has 0 N–H and O–H groups in total. The van der Waals surface area contributed by atoms with Crippen LogP contribution in [0.15, 0.2) is 22.8 Å². The molecule has 0 radical (unpaired) electrons. The molecule has 0 aromatic carbocycles. The van der Waals surface area contributed by atoms with Crippen molar-refractivity contribution < 1.29 is 9.21 Å². The summed E-state index contributed by atoms with van der Waals surface area (Å²) in [4.78, 5) is 14.4. The summed E-state index contributed by atoms with van der Waals surface area (Å²) in [6.07, 6.45) is 7.62. The smallest absolute Gasteiger partial charge is 0.149 e. The Bertz CT molecular complexity index is 353. The molecule has 1 aromatic heterocycles. The van der Waals surface area contributed by atoms with Gasteiger partial charge in [0, 0.05) is 5.92 Å². The number of hydrogen-bond acceptors (Lipinski definition) is 3. The van der Waals surface area contributed by atoms with Crippen LogP contribution in [0.2, 0.25) is 0 Å². The fourth-order valence-electron chi connectivity index (χ4n) is 2.68. The van der Waals surface area contributed by atoms with Crippen LogP contribution in [0.1, 0.15) is 44.8 Å². The van der Waals surface area contributed by atoms with Gasteiger partial charge in [-0.1, -0.05) is 26.2 Å². The zero-order chi connectivity index (χ0) is 12.8. The molecule has 1 aliphatic rings. The number of ketones is 1. The van der Waals surface area contributed by atoms with Crippen molar-refractivity contribution in [2.24, 2.45) is 5.92 Å². The monoisotopic (exact) mass is 249 g/mol. The van der Waals surface area contributed by atoms with E-state index in [9.17, 15) is 4.79 Å². The van der Waals surface area contributed by atoms with Gasteiger partial charge in [-0.25, -0.2) is 0 Å². The molecule has 3 nitrogen and oxygen atoms in total. The zero-order valence-electron chi connectivity index (χ0n) is 11.2. The van der Waals surface area contributed by atoms with Crippen LogP contribution in [0.4, 0.5) is 0 Å². The fraction of sp³-hybridized carbons (Fsp3) is 0.667. The van der Waals surface area contributed by atoms with Gasteiger partial charge in [-0.05, 0) is 31.5 Å². The Balaban J connectivity index is 1.83. The topological polar surface area (TPSA) is 33.5 Å². The maximum Gasteiger partial charge on any atom is 0.149 e. The summed E-state index contributed by atoms with van der Waals surface area (Å²) < 4.78 is 5.34. The molecule has 0 atom stereocenters. The molecule has 1 saturated carbocycles. The molecule has 100 valence electrons. The highest BCUT2D eigenvalue weighted by molar-refractivity contribution is 5.83. The molecule has 18 heavy (non-hydrogen) atoms. The lowest BCUT2D eigenvalue weighted by molar-refractivity contribution is -0.125. The maximum atomic E-state index is 12.2. The Hall–Kier alpha value is -1.09. The van der Waals surface area contributed by atoms with Crippen LogP contribution in [0, 0.1) is 5.92 Å². The zero-order valence-corrected chi connectivity index (χ0v) is 11.2. The lowest BCUT2D eigenvalue weighted by atomic mass is 9.86. The van der Waals surface area contributed by atoms with Gasteiger partial charge in [-0.2, -0.15) is 0 Å². The van der Waals surface area contributed by atoms with E-state index in [1.807, 2.05) is 12.1 Å². The van der Waals surface area contributed by atoms with Crippen molar-refractivity contribution in [1.29, 1.82) is 0 Å². The van der Waals surface area contributed by atoms with Crippen LogP contribution in [0.3, 0.4) is 0 Å². The Morgan fingerprint density at radius 1 is 1.39 bits per heavy atom. The average Bonchev–Trinajstić information content (AvgIpc) is 2.91. The fourth-order valence-corrected chi connectivity index (χ4v) is 2.68. The summed E-state index contributed by atoms with van der Waals surface area (Å²) in [5.41, 5.74) is 0. The van der Waals surface area contributed by atoms with E-state index in [4.69, 9.17) is 4.42 Å². The summed E-state index contributed by atoms with van der Waals surface area (Å²) in [7, 11) is 0. The highest BCUT2D eigenvalue weighted by atomic mass is 16.3. The molecule has 1 aliphatic carbocycles. The Morgan fingerprint density at radius 3 is 2.78 bits per heavy atom. The van der Waals surface area contributed by atoms with Crippen LogP contribution in [-0.4, -0.2) is 23.8 Å². The molecular weight excluding hydrogens is 226 g/mol. The standard InChI is InChI=1S/C15H23NO2/c1-2-16(11-14-9-6-10-18-14)12-15(17)13-7-4-3-5-8-13/h6,9-10,13H,2-5,7-8,11-12H2,1H3. The lowest BCUT2D eigenvalue weighted by Crippen LogP contribution is -2.33. The molecule has 1 fully saturated rings. The molecule has 0 aliphatic heterocycles. The minimum atomic E-state index is 0.310. The molecule has 0 unspecified atom stereocenters. The summed E-state index contributed by atoms with van der Waals surface area (Å²) in [6, 6.07) is 3.86. The first-order chi connectivity index (χ1) is 8.79. The highest BCUT2D eigenvalue weighted by Crippen LogP contribution is 2.24. The van der Waals surface area contributed by atoms with Crippen LogP contribution >= 0.6 is 0 Å². The summed E-state index contributed by atoms with van der Waals surface area (Å²) in [6.45, 7) is 4.29. The van der Waals surface area contributed by atoms with Crippen LogP contribution in [0.5, 0.6) is 0 Å². The third-order valence-corrected chi connectivity index (χ3v) is 3.85. The number of carbonyl (C=O) groups is 1. The predicted octanol–water partition coefficient (Wildman–Crippen LogP) is 3.25. The highest BCUT2D eigenvalue weighted by Gasteiger charge is 2.22. The SMILES string of the molecule is CCN(CC(=O)C1CCCCC1)Cc1ccco1. The van der Waals surface area contributed by atoms with E-state index < -0.39 is 0 Å². The van der Waals surface area contributed by atoms with Crippen molar-refractivity contribution in [2.45, 2.75) is 45.6 Å². The first kappa shape index (κ1) is 13.3. The number of rotatable bonds is 6. The van der Waals surface area contributed by atoms with E-state index in [2.05, 4.69) is 11.8 Å². The van der Waals surface area contributed by atoms with E-state index in [0.717, 1.165) is 31.7 Å². The summed E-state index contributed by atoms with van der Waals surface area (Å²) >= 11 is 0. The number of carbonyl (C=O) groups excluding carboxylic acids is 1. The second-order valence-corrected chi connectivity index (χ2v) is 5.18. The maximum absolute atomic E-state index is 12.2. The molecule has 0 spiro atoms. The Morgan fingerprint density at radius 2 is 2.17 bits per heavy atom. The third kappa shape index (κ3) is 3.70. The Kier molecular flexibility index (Phi) is 5.00. The molecular formula is C15H23NO2. The largest absolute Gasteiger partial charge is 0.468 e. The first-order valence-corrected chi connectivity index (χ1v) is 7.07. The molecule has 2 rings (SSSR count). The van der Waals surface area contributed by atoms with E-state index in [1.165, 1.54) is 19.3 Å². The number of hydrogen-bond donors (Lipinski definition) is 0. The van der Waals surface area contributed by atoms with Crippen molar-refractivity contribution >= 4 is 5.78 Å². The van der Waals surface area contributed by atoms with Crippen LogP contribution < -0.4 is 0 Å². The predicted molar refractivity (Wildman–Crippen MR) is 71.2 cm³/mol. The van der Waals surface area contributed by atoms with Gasteiger partial charge in [0.15, 0.2) is 0 Å². The van der Waals surface area contributed by atoms with Crippen molar-refractivity contribution in [3.8, 4) is 0 Å². The molecule has 1 aromatic rings. The van der Waals surface area contributed by atoms with Crippen molar-refractivity contribution in [1.82, 2.24) is 4.90 Å². The summed E-state index contributed by atoms with van der Waals surface area (Å²) in [5.74, 6) is 1.67. The Labute approximate surface area is 109 Å². The second-order valence-electron chi connectivity index (χ2n) is 5.18. The molecule has 0 saturated heterocycles. The molecule has 0 bridgehead atoms. The van der Waals surface area contributed by atoms with E-state index in [0.29, 0.717) is 18.2 Å².